The minimum Gasteiger partial charge on any atom is -0.370 e. The van der Waals surface area contributed by atoms with Gasteiger partial charge in [0.05, 0.1) is 0 Å². The number of anilines is 1. The van der Waals surface area contributed by atoms with Crippen LogP contribution in [0.2, 0.25) is 0 Å². The molecule has 1 aromatic carbocycles. The molecule has 0 spiro atoms. The van der Waals surface area contributed by atoms with E-state index in [2.05, 4.69) is 10.6 Å². The molecule has 0 radical (unpaired) electrons. The monoisotopic (exact) mass is 206 g/mol. The highest BCUT2D eigenvalue weighted by Crippen LogP contribution is 2.09. The Bertz CT molecular complexity index is 375. The zero-order valence-electron chi connectivity index (χ0n) is 8.50. The highest BCUT2D eigenvalue weighted by Gasteiger charge is 2.04. The number of benzene rings is 1. The molecule has 1 rings (SSSR count). The lowest BCUT2D eigenvalue weighted by Crippen LogP contribution is -2.23. The van der Waals surface area contributed by atoms with Gasteiger partial charge in [0.25, 0.3) is 5.91 Å². The summed E-state index contributed by atoms with van der Waals surface area (Å²) in [6.07, 6.45) is 0. The summed E-state index contributed by atoms with van der Waals surface area (Å²) in [4.78, 5) is 11.5. The molecule has 0 aliphatic rings. The summed E-state index contributed by atoms with van der Waals surface area (Å²) in [6, 6.07) is 6.82. The molecule has 15 heavy (non-hydrogen) atoms. The van der Waals surface area contributed by atoms with E-state index in [1.807, 2.05) is 6.92 Å². The zero-order valence-corrected chi connectivity index (χ0v) is 8.50. The quantitative estimate of drug-likeness (QED) is 0.434. The molecule has 5 N–H and O–H groups in total. The standard InChI is InChI=1S/C10H14N4O/c1-2-13-9(15)7-4-3-5-8(6-7)14-10(11)12/h3-6H,2H2,1H3,(H,13,15)(H4,11,12,14). The number of guanidine groups is 1. The van der Waals surface area contributed by atoms with E-state index < -0.39 is 0 Å². The maximum atomic E-state index is 11.5. The smallest absolute Gasteiger partial charge is 0.251 e. The summed E-state index contributed by atoms with van der Waals surface area (Å²) < 4.78 is 0. The first kappa shape index (κ1) is 11.0. The largest absolute Gasteiger partial charge is 0.370 e. The van der Waals surface area contributed by atoms with Crippen molar-refractivity contribution >= 4 is 17.6 Å². The van der Waals surface area contributed by atoms with Gasteiger partial charge in [0.2, 0.25) is 0 Å². The number of nitrogens with two attached hydrogens (primary N) is 1. The van der Waals surface area contributed by atoms with E-state index in [4.69, 9.17) is 11.1 Å². The molecule has 0 saturated carbocycles. The summed E-state index contributed by atoms with van der Waals surface area (Å²) in [5.41, 5.74) is 6.36. The maximum absolute atomic E-state index is 11.5. The average molecular weight is 206 g/mol. The van der Waals surface area contributed by atoms with Crippen LogP contribution in [0.5, 0.6) is 0 Å². The number of rotatable bonds is 3. The lowest BCUT2D eigenvalue weighted by molar-refractivity contribution is 0.0956. The van der Waals surface area contributed by atoms with E-state index in [1.165, 1.54) is 0 Å². The molecule has 0 aliphatic heterocycles. The van der Waals surface area contributed by atoms with Crippen LogP contribution in [-0.4, -0.2) is 18.4 Å². The Kier molecular flexibility index (Phi) is 3.68. The molecule has 0 atom stereocenters. The van der Waals surface area contributed by atoms with Gasteiger partial charge in [-0.05, 0) is 25.1 Å². The van der Waals surface area contributed by atoms with Gasteiger partial charge >= 0.3 is 0 Å². The van der Waals surface area contributed by atoms with Gasteiger partial charge < -0.3 is 16.4 Å². The van der Waals surface area contributed by atoms with Crippen LogP contribution in [0, 0.1) is 5.41 Å². The molecule has 0 aromatic heterocycles. The van der Waals surface area contributed by atoms with Crippen LogP contribution in [0.25, 0.3) is 0 Å². The van der Waals surface area contributed by atoms with Crippen LogP contribution in [-0.2, 0) is 0 Å². The van der Waals surface area contributed by atoms with Crippen molar-refractivity contribution in [1.29, 1.82) is 5.41 Å². The summed E-state index contributed by atoms with van der Waals surface area (Å²) in [7, 11) is 0. The van der Waals surface area contributed by atoms with Crippen molar-refractivity contribution in [2.24, 2.45) is 5.73 Å². The maximum Gasteiger partial charge on any atom is 0.251 e. The second-order valence-corrected chi connectivity index (χ2v) is 2.98. The Morgan fingerprint density at radius 3 is 2.87 bits per heavy atom. The van der Waals surface area contributed by atoms with Crippen LogP contribution < -0.4 is 16.4 Å². The predicted octanol–water partition coefficient (Wildman–Crippen LogP) is 0.742. The van der Waals surface area contributed by atoms with E-state index in [1.54, 1.807) is 24.3 Å². The minimum atomic E-state index is -0.150. The third-order valence-electron chi connectivity index (χ3n) is 1.74. The first-order valence-corrected chi connectivity index (χ1v) is 4.62. The molecule has 1 amide bonds. The number of hydrogen-bond acceptors (Lipinski definition) is 2. The van der Waals surface area contributed by atoms with Gasteiger partial charge in [0, 0.05) is 17.8 Å². The van der Waals surface area contributed by atoms with E-state index in [-0.39, 0.29) is 11.9 Å². The molecule has 0 heterocycles. The average Bonchev–Trinajstić information content (AvgIpc) is 2.17. The summed E-state index contributed by atoms with van der Waals surface area (Å²) in [5, 5.41) is 12.4. The van der Waals surface area contributed by atoms with Gasteiger partial charge in [0.1, 0.15) is 0 Å². The van der Waals surface area contributed by atoms with Gasteiger partial charge in [-0.15, -0.1) is 0 Å². The lowest BCUT2D eigenvalue weighted by atomic mass is 10.2. The molecular formula is C10H14N4O. The van der Waals surface area contributed by atoms with E-state index in [0.717, 1.165) is 0 Å². The van der Waals surface area contributed by atoms with Gasteiger partial charge in [0.15, 0.2) is 5.96 Å². The van der Waals surface area contributed by atoms with Crippen molar-refractivity contribution in [3.05, 3.63) is 29.8 Å². The second-order valence-electron chi connectivity index (χ2n) is 2.98. The van der Waals surface area contributed by atoms with Crippen molar-refractivity contribution in [2.45, 2.75) is 6.92 Å². The summed E-state index contributed by atoms with van der Waals surface area (Å²) in [6.45, 7) is 2.44. The van der Waals surface area contributed by atoms with Crippen molar-refractivity contribution in [2.75, 3.05) is 11.9 Å². The topological polar surface area (TPSA) is 91.0 Å². The normalized spacial score (nSPS) is 9.40. The van der Waals surface area contributed by atoms with Crippen LogP contribution in [0.4, 0.5) is 5.69 Å². The number of hydrogen-bond donors (Lipinski definition) is 4. The Hall–Kier alpha value is -2.04. The van der Waals surface area contributed by atoms with Crippen LogP contribution in [0.3, 0.4) is 0 Å². The molecule has 5 nitrogen and oxygen atoms in total. The van der Waals surface area contributed by atoms with Crippen molar-refractivity contribution in [1.82, 2.24) is 5.32 Å². The molecule has 0 unspecified atom stereocenters. The zero-order chi connectivity index (χ0) is 11.3. The fourth-order valence-corrected chi connectivity index (χ4v) is 1.16. The number of amides is 1. The molecule has 5 heteroatoms. The van der Waals surface area contributed by atoms with E-state index in [0.29, 0.717) is 17.8 Å². The lowest BCUT2D eigenvalue weighted by Gasteiger charge is -2.06. The molecule has 80 valence electrons. The summed E-state index contributed by atoms with van der Waals surface area (Å²) >= 11 is 0. The van der Waals surface area contributed by atoms with Gasteiger partial charge in [-0.1, -0.05) is 6.07 Å². The molecule has 0 bridgehead atoms. The van der Waals surface area contributed by atoms with Gasteiger partial charge in [-0.3, -0.25) is 10.2 Å². The van der Waals surface area contributed by atoms with Crippen molar-refractivity contribution in [3.63, 3.8) is 0 Å². The van der Waals surface area contributed by atoms with Crippen LogP contribution >= 0.6 is 0 Å². The van der Waals surface area contributed by atoms with Crippen molar-refractivity contribution in [3.8, 4) is 0 Å². The van der Waals surface area contributed by atoms with Crippen LogP contribution in [0.1, 0.15) is 17.3 Å². The summed E-state index contributed by atoms with van der Waals surface area (Å²) in [5.74, 6) is -0.284. The number of carbonyl (C=O) groups is 1. The number of nitrogens with one attached hydrogen (secondary N) is 3. The van der Waals surface area contributed by atoms with E-state index in [9.17, 15) is 4.79 Å². The third kappa shape index (κ3) is 3.30. The van der Waals surface area contributed by atoms with E-state index >= 15 is 0 Å². The minimum absolute atomic E-state index is 0.135. The van der Waals surface area contributed by atoms with Crippen LogP contribution in [0.15, 0.2) is 24.3 Å². The highest BCUT2D eigenvalue weighted by atomic mass is 16.1. The molecule has 0 fully saturated rings. The third-order valence-corrected chi connectivity index (χ3v) is 1.74. The Morgan fingerprint density at radius 2 is 2.27 bits per heavy atom. The molecular weight excluding hydrogens is 192 g/mol. The Morgan fingerprint density at radius 1 is 1.53 bits per heavy atom. The highest BCUT2D eigenvalue weighted by molar-refractivity contribution is 5.96. The van der Waals surface area contributed by atoms with Gasteiger partial charge in [-0.25, -0.2) is 0 Å². The first-order valence-electron chi connectivity index (χ1n) is 4.62. The molecule has 0 saturated heterocycles. The fourth-order valence-electron chi connectivity index (χ4n) is 1.16. The first-order chi connectivity index (χ1) is 7.13. The van der Waals surface area contributed by atoms with Crippen molar-refractivity contribution < 1.29 is 4.79 Å². The Balaban J connectivity index is 2.82. The predicted molar refractivity (Wildman–Crippen MR) is 60.0 cm³/mol. The SMILES string of the molecule is CCNC(=O)c1cccc(NC(=N)N)c1. The molecule has 0 aliphatic carbocycles. The number of carbonyl (C=O) groups excluding carboxylic acids is 1. The molecule has 1 aromatic rings. The Labute approximate surface area is 88.2 Å². The van der Waals surface area contributed by atoms with Gasteiger partial charge in [-0.2, -0.15) is 0 Å². The fraction of sp³-hybridized carbons (Fsp3) is 0.200. The second kappa shape index (κ2) is 4.99.